The van der Waals surface area contributed by atoms with Crippen LogP contribution in [0, 0.1) is 0 Å². The Morgan fingerprint density at radius 3 is 2.25 bits per heavy atom. The molecule has 0 bridgehead atoms. The summed E-state index contributed by atoms with van der Waals surface area (Å²) in [6.45, 7) is 0. The van der Waals surface area contributed by atoms with E-state index in [0.29, 0.717) is 20.2 Å². The van der Waals surface area contributed by atoms with Gasteiger partial charge in [0.25, 0.3) is 0 Å². The number of rotatable bonds is 1. The number of hydrogen-bond acceptors (Lipinski definition) is 1. The Kier molecular flexibility index (Phi) is 3.23. The molecule has 12 heavy (non-hydrogen) atoms. The van der Waals surface area contributed by atoms with Crippen molar-refractivity contribution in [3.63, 3.8) is 0 Å². The van der Waals surface area contributed by atoms with E-state index < -0.39 is 0 Å². The predicted octanol–water partition coefficient (Wildman–Crippen LogP) is 4.70. The van der Waals surface area contributed by atoms with Gasteiger partial charge < -0.3 is 0 Å². The molecule has 0 radical (unpaired) electrons. The fourth-order valence-corrected chi connectivity index (χ4v) is 1.36. The lowest BCUT2D eigenvalue weighted by atomic mass is 10.3. The second-order valence-electron chi connectivity index (χ2n) is 1.91. The molecule has 0 N–H and O–H groups in total. The molecule has 0 aromatic heterocycles. The van der Waals surface area contributed by atoms with Gasteiger partial charge in [-0.3, -0.25) is 0 Å². The summed E-state index contributed by atoms with van der Waals surface area (Å²) < 4.78 is 0.600. The molecule has 6 heteroatoms. The van der Waals surface area contributed by atoms with E-state index in [9.17, 15) is 0 Å². The summed E-state index contributed by atoms with van der Waals surface area (Å²) in [4.78, 5) is 2.61. The van der Waals surface area contributed by atoms with Gasteiger partial charge in [0.1, 0.15) is 0 Å². The molecule has 0 heterocycles. The molecule has 0 unspecified atom stereocenters. The molecule has 0 fully saturated rings. The van der Waals surface area contributed by atoms with Crippen molar-refractivity contribution in [1.29, 1.82) is 0 Å². The van der Waals surface area contributed by atoms with Crippen molar-refractivity contribution in [1.82, 2.24) is 0 Å². The SMILES string of the molecule is [N-]=[N+]=Nc1cc(Cl)c(Br)c(Cl)c1. The average Bonchev–Trinajstić information content (AvgIpc) is 2.01. The summed E-state index contributed by atoms with van der Waals surface area (Å²) in [5.41, 5.74) is 8.53. The van der Waals surface area contributed by atoms with Crippen molar-refractivity contribution < 1.29 is 0 Å². The Balaban J connectivity index is 3.30. The molecule has 0 atom stereocenters. The van der Waals surface area contributed by atoms with Crippen molar-refractivity contribution in [3.05, 3.63) is 37.1 Å². The molecule has 0 aliphatic carbocycles. The topological polar surface area (TPSA) is 48.8 Å². The quantitative estimate of drug-likeness (QED) is 0.306. The van der Waals surface area contributed by atoms with Gasteiger partial charge in [-0.2, -0.15) is 0 Å². The summed E-state index contributed by atoms with van der Waals surface area (Å²) in [6.07, 6.45) is 0. The third-order valence-corrected chi connectivity index (χ3v) is 3.04. The van der Waals surface area contributed by atoms with Gasteiger partial charge in [0.15, 0.2) is 0 Å². The highest BCUT2D eigenvalue weighted by Crippen LogP contribution is 2.34. The highest BCUT2D eigenvalue weighted by Gasteiger charge is 2.03. The van der Waals surface area contributed by atoms with Gasteiger partial charge in [-0.25, -0.2) is 0 Å². The lowest BCUT2D eigenvalue weighted by molar-refractivity contribution is 1.47. The number of halogens is 3. The van der Waals surface area contributed by atoms with E-state index in [2.05, 4.69) is 26.0 Å². The van der Waals surface area contributed by atoms with Crippen LogP contribution in [0.4, 0.5) is 5.69 Å². The highest BCUT2D eigenvalue weighted by molar-refractivity contribution is 9.10. The number of hydrogen-bond donors (Lipinski definition) is 0. The second kappa shape index (κ2) is 4.01. The molecule has 0 amide bonds. The largest absolute Gasteiger partial charge is 0.0830 e. The van der Waals surface area contributed by atoms with Crippen LogP contribution in [0.1, 0.15) is 0 Å². The minimum Gasteiger partial charge on any atom is -0.0830 e. The first-order valence-corrected chi connectivity index (χ1v) is 4.39. The van der Waals surface area contributed by atoms with Crippen LogP contribution in [0.15, 0.2) is 21.7 Å². The number of benzene rings is 1. The molecular formula is C6H2BrCl2N3. The van der Waals surface area contributed by atoms with Crippen LogP contribution in [0.25, 0.3) is 10.4 Å². The zero-order chi connectivity index (χ0) is 9.14. The van der Waals surface area contributed by atoms with Gasteiger partial charge in [-0.05, 0) is 33.6 Å². The van der Waals surface area contributed by atoms with E-state index in [1.807, 2.05) is 0 Å². The maximum atomic E-state index is 8.13. The second-order valence-corrected chi connectivity index (χ2v) is 3.52. The van der Waals surface area contributed by atoms with E-state index in [-0.39, 0.29) is 0 Å². The summed E-state index contributed by atoms with van der Waals surface area (Å²) in [6, 6.07) is 3.05. The standard InChI is InChI=1S/C6H2BrCl2N3/c7-6-4(8)1-3(11-12-10)2-5(6)9/h1-2H. The van der Waals surface area contributed by atoms with Gasteiger partial charge in [0.05, 0.1) is 14.5 Å². The van der Waals surface area contributed by atoms with Gasteiger partial charge in [0, 0.05) is 10.6 Å². The monoisotopic (exact) mass is 265 g/mol. The van der Waals surface area contributed by atoms with Crippen molar-refractivity contribution >= 4 is 44.8 Å². The third kappa shape index (κ3) is 2.05. The van der Waals surface area contributed by atoms with Crippen LogP contribution in [0.2, 0.25) is 10.0 Å². The van der Waals surface area contributed by atoms with E-state index in [1.165, 1.54) is 12.1 Å². The van der Waals surface area contributed by atoms with Crippen LogP contribution in [0.3, 0.4) is 0 Å². The van der Waals surface area contributed by atoms with E-state index >= 15 is 0 Å². The normalized spacial score (nSPS) is 9.25. The molecule has 0 saturated heterocycles. The van der Waals surface area contributed by atoms with Gasteiger partial charge in [0.2, 0.25) is 0 Å². The van der Waals surface area contributed by atoms with Crippen LogP contribution in [-0.2, 0) is 0 Å². The van der Waals surface area contributed by atoms with Gasteiger partial charge in [-0.15, -0.1) is 0 Å². The molecule has 0 saturated carbocycles. The molecule has 1 aromatic rings. The molecule has 62 valence electrons. The maximum absolute atomic E-state index is 8.13. The van der Waals surface area contributed by atoms with E-state index in [4.69, 9.17) is 28.7 Å². The van der Waals surface area contributed by atoms with Gasteiger partial charge >= 0.3 is 0 Å². The Morgan fingerprint density at radius 1 is 1.33 bits per heavy atom. The average molecular weight is 267 g/mol. The summed E-state index contributed by atoms with van der Waals surface area (Å²) in [5, 5.41) is 4.20. The molecule has 0 aliphatic rings. The van der Waals surface area contributed by atoms with Crippen LogP contribution >= 0.6 is 39.1 Å². The molecule has 3 nitrogen and oxygen atoms in total. The smallest absolute Gasteiger partial charge is 0.0567 e. The Morgan fingerprint density at radius 2 is 1.83 bits per heavy atom. The highest BCUT2D eigenvalue weighted by atomic mass is 79.9. The zero-order valence-corrected chi connectivity index (χ0v) is 8.73. The molecule has 0 aliphatic heterocycles. The lowest BCUT2D eigenvalue weighted by Gasteiger charge is -1.99. The first-order valence-electron chi connectivity index (χ1n) is 2.85. The van der Waals surface area contributed by atoms with Crippen molar-refractivity contribution in [3.8, 4) is 0 Å². The van der Waals surface area contributed by atoms with E-state index in [1.54, 1.807) is 0 Å². The van der Waals surface area contributed by atoms with Gasteiger partial charge in [-0.1, -0.05) is 28.3 Å². The number of nitrogens with zero attached hydrogens (tertiary/aromatic N) is 3. The fraction of sp³-hybridized carbons (Fsp3) is 0. The minimum atomic E-state index is 0.399. The van der Waals surface area contributed by atoms with Crippen molar-refractivity contribution in [2.45, 2.75) is 0 Å². The van der Waals surface area contributed by atoms with Crippen LogP contribution in [0.5, 0.6) is 0 Å². The minimum absolute atomic E-state index is 0.399. The molecule has 1 rings (SSSR count). The Labute approximate surface area is 87.0 Å². The van der Waals surface area contributed by atoms with E-state index in [0.717, 1.165) is 0 Å². The summed E-state index contributed by atoms with van der Waals surface area (Å²) in [5.74, 6) is 0. The van der Waals surface area contributed by atoms with Crippen LogP contribution in [-0.4, -0.2) is 0 Å². The third-order valence-electron chi connectivity index (χ3n) is 1.13. The zero-order valence-electron chi connectivity index (χ0n) is 5.63. The first-order chi connectivity index (χ1) is 5.65. The van der Waals surface area contributed by atoms with Crippen molar-refractivity contribution in [2.24, 2.45) is 5.11 Å². The molecule has 0 spiro atoms. The molecule has 1 aromatic carbocycles. The molecular weight excluding hydrogens is 265 g/mol. The first kappa shape index (κ1) is 9.68. The Hall–Kier alpha value is -0.410. The maximum Gasteiger partial charge on any atom is 0.0567 e. The lowest BCUT2D eigenvalue weighted by Crippen LogP contribution is -1.71. The summed E-state index contributed by atoms with van der Waals surface area (Å²) in [7, 11) is 0. The fourth-order valence-electron chi connectivity index (χ4n) is 0.652. The van der Waals surface area contributed by atoms with Crippen LogP contribution < -0.4 is 0 Å². The number of azide groups is 1. The predicted molar refractivity (Wildman–Crippen MR) is 53.0 cm³/mol. The Bertz CT molecular complexity index is 337. The van der Waals surface area contributed by atoms with Crippen molar-refractivity contribution in [2.75, 3.05) is 0 Å². The summed E-state index contributed by atoms with van der Waals surface area (Å²) >= 11 is 14.6.